The monoisotopic (exact) mass is 237 g/mol. The van der Waals surface area contributed by atoms with E-state index in [1.54, 1.807) is 7.11 Å². The Balaban J connectivity index is 4.13. The smallest absolute Gasteiger partial charge is 0.151 e. The van der Waals surface area contributed by atoms with Crippen molar-refractivity contribution in [1.29, 1.82) is 0 Å². The zero-order valence-corrected chi connectivity index (χ0v) is 10.8. The van der Waals surface area contributed by atoms with E-state index in [4.69, 9.17) is 4.74 Å². The van der Waals surface area contributed by atoms with Crippen LogP contribution < -0.4 is 5.32 Å². The van der Waals surface area contributed by atoms with Gasteiger partial charge >= 0.3 is 0 Å². The molecule has 0 saturated heterocycles. The largest absolute Gasteiger partial charge is 0.383 e. The summed E-state index contributed by atoms with van der Waals surface area (Å²) in [6.07, 6.45) is 1.67. The molecule has 0 saturated carbocycles. The van der Waals surface area contributed by atoms with Crippen molar-refractivity contribution in [2.45, 2.75) is 32.7 Å². The fourth-order valence-corrected chi connectivity index (χ4v) is 3.03. The van der Waals surface area contributed by atoms with Gasteiger partial charge in [0.25, 0.3) is 0 Å². The minimum Gasteiger partial charge on any atom is -0.383 e. The summed E-state index contributed by atoms with van der Waals surface area (Å²) < 4.78 is 28.2. The molecule has 5 heteroatoms. The first kappa shape index (κ1) is 14.9. The van der Waals surface area contributed by atoms with Gasteiger partial charge in [-0.2, -0.15) is 0 Å². The predicted octanol–water partition coefficient (Wildman–Crippen LogP) is 0.826. The van der Waals surface area contributed by atoms with Crippen molar-refractivity contribution in [3.05, 3.63) is 0 Å². The van der Waals surface area contributed by atoms with E-state index >= 15 is 0 Å². The number of hydrogen-bond acceptors (Lipinski definition) is 4. The summed E-state index contributed by atoms with van der Waals surface area (Å²) >= 11 is 0. The van der Waals surface area contributed by atoms with E-state index in [1.165, 1.54) is 0 Å². The zero-order valence-electron chi connectivity index (χ0n) is 9.95. The maximum absolute atomic E-state index is 11.6. The fourth-order valence-electron chi connectivity index (χ4n) is 1.42. The van der Waals surface area contributed by atoms with E-state index in [2.05, 4.69) is 12.2 Å². The Bertz CT molecular complexity index is 239. The molecule has 1 unspecified atom stereocenters. The van der Waals surface area contributed by atoms with Crippen LogP contribution in [0, 0.1) is 0 Å². The highest BCUT2D eigenvalue weighted by Gasteiger charge is 2.17. The number of nitrogens with one attached hydrogen (secondary N) is 1. The lowest BCUT2D eigenvalue weighted by molar-refractivity contribution is 0.173. The Morgan fingerprint density at radius 3 is 2.40 bits per heavy atom. The molecule has 0 aliphatic rings. The van der Waals surface area contributed by atoms with Gasteiger partial charge in [-0.15, -0.1) is 0 Å². The molecule has 0 aliphatic heterocycles. The summed E-state index contributed by atoms with van der Waals surface area (Å²) in [6.45, 7) is 5.21. The number of sulfone groups is 1. The summed E-state index contributed by atoms with van der Waals surface area (Å²) in [5.74, 6) is 0.440. The highest BCUT2D eigenvalue weighted by Crippen LogP contribution is 1.98. The van der Waals surface area contributed by atoms with Crippen LogP contribution in [0.2, 0.25) is 0 Å². The van der Waals surface area contributed by atoms with Gasteiger partial charge in [-0.05, 0) is 19.4 Å². The lowest BCUT2D eigenvalue weighted by Crippen LogP contribution is -2.40. The average molecular weight is 237 g/mol. The molecule has 0 aromatic rings. The van der Waals surface area contributed by atoms with Crippen LogP contribution >= 0.6 is 0 Å². The standard InChI is InChI=1S/C10H23NO3S/c1-4-6-11-10(8-14-3)9-15(12,13)7-5-2/h10-11H,4-9H2,1-3H3. The van der Waals surface area contributed by atoms with Gasteiger partial charge in [0.2, 0.25) is 0 Å². The van der Waals surface area contributed by atoms with Crippen LogP contribution in [0.4, 0.5) is 0 Å². The molecule has 0 heterocycles. The molecule has 0 aromatic carbocycles. The highest BCUT2D eigenvalue weighted by atomic mass is 32.2. The van der Waals surface area contributed by atoms with Crippen molar-refractivity contribution >= 4 is 9.84 Å². The summed E-state index contributed by atoms with van der Waals surface area (Å²) in [5.41, 5.74) is 0. The number of ether oxygens (including phenoxy) is 1. The molecule has 1 N–H and O–H groups in total. The van der Waals surface area contributed by atoms with Crippen LogP contribution in [0.5, 0.6) is 0 Å². The topological polar surface area (TPSA) is 55.4 Å². The van der Waals surface area contributed by atoms with Crippen molar-refractivity contribution in [3.63, 3.8) is 0 Å². The summed E-state index contributed by atoms with van der Waals surface area (Å²) in [4.78, 5) is 0. The van der Waals surface area contributed by atoms with Gasteiger partial charge in [-0.25, -0.2) is 8.42 Å². The second-order valence-electron chi connectivity index (χ2n) is 3.72. The quantitative estimate of drug-likeness (QED) is 0.645. The molecule has 0 fully saturated rings. The minimum atomic E-state index is -2.93. The van der Waals surface area contributed by atoms with Crippen LogP contribution in [0.15, 0.2) is 0 Å². The molecule has 1 atom stereocenters. The molecular formula is C10H23NO3S. The summed E-state index contributed by atoms with van der Waals surface area (Å²) in [5, 5.41) is 3.18. The lowest BCUT2D eigenvalue weighted by atomic mass is 10.3. The first-order valence-corrected chi connectivity index (χ1v) is 7.30. The third-order valence-corrected chi connectivity index (χ3v) is 3.96. The zero-order chi connectivity index (χ0) is 11.7. The maximum Gasteiger partial charge on any atom is 0.151 e. The first-order valence-electron chi connectivity index (χ1n) is 5.48. The highest BCUT2D eigenvalue weighted by molar-refractivity contribution is 7.91. The van der Waals surface area contributed by atoms with Gasteiger partial charge < -0.3 is 10.1 Å². The van der Waals surface area contributed by atoms with Crippen molar-refractivity contribution < 1.29 is 13.2 Å². The second-order valence-corrected chi connectivity index (χ2v) is 5.95. The third-order valence-electron chi connectivity index (χ3n) is 2.02. The van der Waals surface area contributed by atoms with Crippen molar-refractivity contribution in [2.24, 2.45) is 0 Å². The van der Waals surface area contributed by atoms with E-state index < -0.39 is 9.84 Å². The van der Waals surface area contributed by atoms with Gasteiger partial charge in [-0.3, -0.25) is 0 Å². The third kappa shape index (κ3) is 7.76. The molecule has 0 amide bonds. The molecule has 0 aromatic heterocycles. The van der Waals surface area contributed by atoms with Gasteiger partial charge in [0.1, 0.15) is 0 Å². The van der Waals surface area contributed by atoms with Crippen LogP contribution in [0.1, 0.15) is 26.7 Å². The number of hydrogen-bond donors (Lipinski definition) is 1. The van der Waals surface area contributed by atoms with E-state index in [0.717, 1.165) is 13.0 Å². The molecule has 15 heavy (non-hydrogen) atoms. The molecule has 0 spiro atoms. The number of methoxy groups -OCH3 is 1. The van der Waals surface area contributed by atoms with Crippen LogP contribution in [-0.2, 0) is 14.6 Å². The van der Waals surface area contributed by atoms with E-state index in [9.17, 15) is 8.42 Å². The molecule has 0 bridgehead atoms. The summed E-state index contributed by atoms with van der Waals surface area (Å²) in [6, 6.07) is -0.0773. The Hall–Kier alpha value is -0.130. The minimum absolute atomic E-state index is 0.0773. The SMILES string of the molecule is CCCNC(COC)CS(=O)(=O)CCC. The Kier molecular flexibility index (Phi) is 8.00. The van der Waals surface area contributed by atoms with Crippen LogP contribution in [0.25, 0.3) is 0 Å². The van der Waals surface area contributed by atoms with Crippen molar-refractivity contribution in [1.82, 2.24) is 5.32 Å². The normalized spacial score (nSPS) is 14.1. The average Bonchev–Trinajstić information content (AvgIpc) is 2.14. The van der Waals surface area contributed by atoms with Crippen molar-refractivity contribution in [3.8, 4) is 0 Å². The predicted molar refractivity (Wildman–Crippen MR) is 62.9 cm³/mol. The molecule has 0 aliphatic carbocycles. The van der Waals surface area contributed by atoms with E-state index in [-0.39, 0.29) is 17.5 Å². The van der Waals surface area contributed by atoms with Crippen LogP contribution in [0.3, 0.4) is 0 Å². The fraction of sp³-hybridized carbons (Fsp3) is 1.00. The Labute approximate surface area is 93.3 Å². The van der Waals surface area contributed by atoms with Gasteiger partial charge in [0.05, 0.1) is 12.4 Å². The molecule has 0 radical (unpaired) electrons. The molecular weight excluding hydrogens is 214 g/mol. The lowest BCUT2D eigenvalue weighted by Gasteiger charge is -2.17. The van der Waals surface area contributed by atoms with Gasteiger partial charge in [0, 0.05) is 18.9 Å². The van der Waals surface area contributed by atoms with E-state index in [0.29, 0.717) is 13.0 Å². The maximum atomic E-state index is 11.6. The van der Waals surface area contributed by atoms with Gasteiger partial charge in [-0.1, -0.05) is 13.8 Å². The molecule has 92 valence electrons. The Morgan fingerprint density at radius 2 is 1.93 bits per heavy atom. The molecule has 0 rings (SSSR count). The second kappa shape index (κ2) is 8.07. The van der Waals surface area contributed by atoms with Crippen LogP contribution in [-0.4, -0.2) is 46.2 Å². The number of rotatable bonds is 9. The summed E-state index contributed by atoms with van der Waals surface area (Å²) in [7, 11) is -1.34. The van der Waals surface area contributed by atoms with E-state index in [1.807, 2.05) is 6.92 Å². The molecule has 4 nitrogen and oxygen atoms in total. The first-order chi connectivity index (χ1) is 7.05. The van der Waals surface area contributed by atoms with Crippen molar-refractivity contribution in [2.75, 3.05) is 31.8 Å². The Morgan fingerprint density at radius 1 is 1.27 bits per heavy atom. The van der Waals surface area contributed by atoms with Gasteiger partial charge in [0.15, 0.2) is 9.84 Å².